The number of aliphatic hydroxyl groups is 1. The molecule has 9 rings (SSSR count). The lowest BCUT2D eigenvalue weighted by Crippen LogP contribution is -2.48. The molecule has 5 heterocycles. The highest BCUT2D eigenvalue weighted by atomic mass is 16.5. The van der Waals surface area contributed by atoms with E-state index in [4.69, 9.17) is 23.7 Å². The molecule has 0 saturated carbocycles. The van der Waals surface area contributed by atoms with Crippen molar-refractivity contribution in [3.8, 4) is 40.2 Å². The van der Waals surface area contributed by atoms with Gasteiger partial charge in [-0.3, -0.25) is 19.6 Å². The van der Waals surface area contributed by atoms with Crippen LogP contribution >= 0.6 is 0 Å². The third kappa shape index (κ3) is 7.34. The minimum absolute atomic E-state index is 0.0569. The highest BCUT2D eigenvalue weighted by Crippen LogP contribution is 2.53. The smallest absolute Gasteiger partial charge is 0.204 e. The number of hydrogen-bond donors (Lipinski definition) is 1. The number of hydrogen-bond acceptors (Lipinski definition) is 10. The van der Waals surface area contributed by atoms with Gasteiger partial charge in [-0.1, -0.05) is 18.2 Å². The molecule has 0 aromatic heterocycles. The lowest BCUT2D eigenvalue weighted by Gasteiger charge is -2.40. The summed E-state index contributed by atoms with van der Waals surface area (Å²) in [4.78, 5) is 9.96. The molecule has 2 atom stereocenters. The van der Waals surface area contributed by atoms with E-state index in [1.165, 1.54) is 27.8 Å². The zero-order valence-corrected chi connectivity index (χ0v) is 34.2. The second-order valence-electron chi connectivity index (χ2n) is 16.2. The van der Waals surface area contributed by atoms with Crippen LogP contribution in [0.25, 0.3) is 0 Å². The molecule has 5 aliphatic heterocycles. The molecule has 6 bridgehead atoms. The summed E-state index contributed by atoms with van der Waals surface area (Å²) in [5.74, 6) is 4.75. The van der Waals surface area contributed by atoms with Crippen molar-refractivity contribution in [2.24, 2.45) is 0 Å². The van der Waals surface area contributed by atoms with Crippen LogP contribution in [0.15, 0.2) is 54.6 Å². The highest BCUT2D eigenvalue weighted by Gasteiger charge is 2.38. The Morgan fingerprint density at radius 3 is 2.12 bits per heavy atom. The van der Waals surface area contributed by atoms with Crippen LogP contribution in [-0.4, -0.2) is 105 Å². The summed E-state index contributed by atoms with van der Waals surface area (Å²) < 4.78 is 32.4. The third-order valence-electron chi connectivity index (χ3n) is 12.7. The van der Waals surface area contributed by atoms with Crippen LogP contribution in [0.3, 0.4) is 0 Å². The summed E-state index contributed by atoms with van der Waals surface area (Å²) in [6.45, 7) is 11.0. The van der Waals surface area contributed by atoms with Gasteiger partial charge in [0, 0.05) is 80.6 Å². The van der Waals surface area contributed by atoms with Crippen LogP contribution in [-0.2, 0) is 38.8 Å². The average molecular weight is 763 g/mol. The van der Waals surface area contributed by atoms with Gasteiger partial charge >= 0.3 is 0 Å². The Labute approximate surface area is 332 Å². The van der Waals surface area contributed by atoms with Crippen LogP contribution < -0.4 is 23.7 Å². The lowest BCUT2D eigenvalue weighted by atomic mass is 9.84. The molecule has 4 aromatic rings. The fourth-order valence-corrected chi connectivity index (χ4v) is 9.39. The molecule has 0 amide bonds. The van der Waals surface area contributed by atoms with Crippen molar-refractivity contribution in [3.63, 3.8) is 0 Å². The quantitative estimate of drug-likeness (QED) is 0.210. The van der Waals surface area contributed by atoms with E-state index in [0.717, 1.165) is 93.3 Å². The van der Waals surface area contributed by atoms with Gasteiger partial charge in [-0.2, -0.15) is 0 Å². The van der Waals surface area contributed by atoms with Crippen LogP contribution in [0.1, 0.15) is 70.4 Å². The van der Waals surface area contributed by atoms with Gasteiger partial charge in [0.05, 0.1) is 27.9 Å². The van der Waals surface area contributed by atoms with Gasteiger partial charge < -0.3 is 28.8 Å². The summed E-state index contributed by atoms with van der Waals surface area (Å²) in [7, 11) is 9.54. The fourth-order valence-electron chi connectivity index (χ4n) is 9.39. The monoisotopic (exact) mass is 762 g/mol. The van der Waals surface area contributed by atoms with Gasteiger partial charge in [0.25, 0.3) is 0 Å². The summed E-state index contributed by atoms with van der Waals surface area (Å²) in [5.41, 5.74) is 9.10. The second-order valence-corrected chi connectivity index (χ2v) is 16.2. The largest absolute Gasteiger partial charge is 0.493 e. The van der Waals surface area contributed by atoms with Crippen molar-refractivity contribution in [2.75, 3.05) is 74.7 Å². The van der Waals surface area contributed by atoms with Crippen molar-refractivity contribution in [1.82, 2.24) is 19.6 Å². The van der Waals surface area contributed by atoms with E-state index in [9.17, 15) is 5.11 Å². The number of likely N-dealkylation sites (N-methyl/N-ethyl adjacent to an activating group) is 2. The Balaban J connectivity index is 1.34. The Morgan fingerprint density at radius 2 is 1.43 bits per heavy atom. The first-order valence-corrected chi connectivity index (χ1v) is 20.2. The highest BCUT2D eigenvalue weighted by molar-refractivity contribution is 5.67. The number of benzene rings is 4. The van der Waals surface area contributed by atoms with E-state index in [-0.39, 0.29) is 18.7 Å². The predicted octanol–water partition coefficient (Wildman–Crippen LogP) is 7.17. The Morgan fingerprint density at radius 1 is 0.732 bits per heavy atom. The van der Waals surface area contributed by atoms with E-state index >= 15 is 0 Å². The Bertz CT molecular complexity index is 2040. The first-order chi connectivity index (χ1) is 27.2. The standard InChI is InChI=1S/C46H58N4O6/c1-29(2)50-20-18-49(19-21-50)27-37-35-15-17-48(4)39-23-31-10-13-40(52-5)42(24-31)55-34-11-8-30(9-12-34)22-38-36-26-41(33(28-51)25-32(36)14-16-47(38)3)56-45(43(35)39)46(54-7)44(37)53-6/h8-13,24-26,29,38-39,51H,14-23,27-28H2,1-7H3/t38-,39-/m0/s1. The van der Waals surface area contributed by atoms with E-state index in [2.05, 4.69) is 96.1 Å². The number of methoxy groups -OCH3 is 3. The minimum Gasteiger partial charge on any atom is -0.493 e. The number of rotatable bonds is 7. The van der Waals surface area contributed by atoms with Gasteiger partial charge in [-0.05, 0) is 118 Å². The normalized spacial score (nSPS) is 20.4. The maximum absolute atomic E-state index is 10.9. The average Bonchev–Trinajstić information content (AvgIpc) is 3.21. The molecule has 4 aromatic carbocycles. The van der Waals surface area contributed by atoms with Crippen molar-refractivity contribution >= 4 is 0 Å². The molecule has 10 nitrogen and oxygen atoms in total. The molecule has 56 heavy (non-hydrogen) atoms. The minimum atomic E-state index is -0.134. The summed E-state index contributed by atoms with van der Waals surface area (Å²) in [5, 5.41) is 10.9. The van der Waals surface area contributed by atoms with Crippen LogP contribution in [0.5, 0.6) is 40.2 Å². The fraction of sp³-hybridized carbons (Fsp3) is 0.478. The SMILES string of the molecule is COc1ccc2cc1Oc1ccc(cc1)C[C@H]1c3cc(c(CO)cc3CCN1C)Oc1c(OC)c(OC)c(CN3CCN(C(C)C)CC3)c3c1[C@H](C2)N(C)CC3. The molecular formula is C46H58N4O6. The molecule has 0 radical (unpaired) electrons. The molecule has 298 valence electrons. The van der Waals surface area contributed by atoms with Gasteiger partial charge in [-0.25, -0.2) is 0 Å². The lowest BCUT2D eigenvalue weighted by molar-refractivity contribution is 0.103. The van der Waals surface area contributed by atoms with Gasteiger partial charge in [0.2, 0.25) is 5.75 Å². The molecule has 1 saturated heterocycles. The first kappa shape index (κ1) is 38.5. The van der Waals surface area contributed by atoms with E-state index in [1.54, 1.807) is 21.3 Å². The molecule has 1 fully saturated rings. The van der Waals surface area contributed by atoms with Crippen LogP contribution in [0, 0.1) is 0 Å². The summed E-state index contributed by atoms with van der Waals surface area (Å²) in [6.07, 6.45) is 3.27. The number of nitrogens with zero attached hydrogens (tertiary/aromatic N) is 4. The second kappa shape index (κ2) is 16.3. The molecule has 5 aliphatic rings. The number of piperazine rings is 1. The van der Waals surface area contributed by atoms with Crippen molar-refractivity contribution < 1.29 is 28.8 Å². The summed E-state index contributed by atoms with van der Waals surface area (Å²) in [6, 6.07) is 19.6. The third-order valence-corrected chi connectivity index (χ3v) is 12.7. The van der Waals surface area contributed by atoms with E-state index < -0.39 is 0 Å². The number of aliphatic hydroxyl groups excluding tert-OH is 1. The topological polar surface area (TPSA) is 79.3 Å². The van der Waals surface area contributed by atoms with Crippen molar-refractivity contribution in [1.29, 1.82) is 0 Å². The molecule has 0 spiro atoms. The molecule has 10 heteroatoms. The first-order valence-electron chi connectivity index (χ1n) is 20.2. The van der Waals surface area contributed by atoms with E-state index in [1.807, 2.05) is 6.07 Å². The van der Waals surface area contributed by atoms with Crippen molar-refractivity contribution in [3.05, 3.63) is 99.1 Å². The van der Waals surface area contributed by atoms with Gasteiger partial charge in [-0.15, -0.1) is 0 Å². The zero-order valence-electron chi connectivity index (χ0n) is 34.2. The molecule has 0 unspecified atom stereocenters. The predicted molar refractivity (Wildman–Crippen MR) is 219 cm³/mol. The molecule has 0 aliphatic carbocycles. The van der Waals surface area contributed by atoms with E-state index in [0.29, 0.717) is 41.2 Å². The van der Waals surface area contributed by atoms with Crippen LogP contribution in [0.4, 0.5) is 0 Å². The number of ether oxygens (including phenoxy) is 5. The van der Waals surface area contributed by atoms with Gasteiger partial charge in [0.15, 0.2) is 23.0 Å². The number of fused-ring (bicyclic) bond motifs is 2. The van der Waals surface area contributed by atoms with Gasteiger partial charge in [0.1, 0.15) is 11.5 Å². The maximum atomic E-state index is 10.9. The molecule has 1 N–H and O–H groups in total. The molecular weight excluding hydrogens is 705 g/mol. The Kier molecular flexibility index (Phi) is 11.2. The zero-order chi connectivity index (χ0) is 39.1. The van der Waals surface area contributed by atoms with Crippen LogP contribution in [0.2, 0.25) is 0 Å². The summed E-state index contributed by atoms with van der Waals surface area (Å²) >= 11 is 0. The Hall–Kier alpha value is -4.32. The van der Waals surface area contributed by atoms with Crippen molar-refractivity contribution in [2.45, 2.75) is 70.8 Å². The maximum Gasteiger partial charge on any atom is 0.204 e.